The normalized spacial score (nSPS) is 15.7. The average Bonchev–Trinajstić information content (AvgIpc) is 3.78. The van der Waals surface area contributed by atoms with Gasteiger partial charge in [-0.1, -0.05) is 23.7 Å². The second-order valence-electron chi connectivity index (χ2n) is 9.77. The molecule has 2 heterocycles. The topological polar surface area (TPSA) is 119 Å². The summed E-state index contributed by atoms with van der Waals surface area (Å²) in [6, 6.07) is 14.6. The smallest absolute Gasteiger partial charge is 0.253 e. The Labute approximate surface area is 226 Å². The lowest BCUT2D eigenvalue weighted by Gasteiger charge is -2.31. The number of amides is 2. The summed E-state index contributed by atoms with van der Waals surface area (Å²) in [4.78, 5) is 35.8. The Bertz CT molecular complexity index is 1290. The summed E-state index contributed by atoms with van der Waals surface area (Å²) in [6.07, 6.45) is 6.00. The van der Waals surface area contributed by atoms with Gasteiger partial charge in [0, 0.05) is 36.9 Å². The van der Waals surface area contributed by atoms with Gasteiger partial charge in [0.1, 0.15) is 5.02 Å². The van der Waals surface area contributed by atoms with Gasteiger partial charge in [-0.05, 0) is 74.4 Å². The molecule has 2 fully saturated rings. The van der Waals surface area contributed by atoms with Gasteiger partial charge in [-0.25, -0.2) is 4.98 Å². The fraction of sp³-hybridized carbons (Fsp3) is 0.357. The molecule has 0 bridgehead atoms. The zero-order chi connectivity index (χ0) is 26.5. The maximum atomic E-state index is 12.9. The third kappa shape index (κ3) is 6.41. The third-order valence-corrected chi connectivity index (χ3v) is 7.23. The van der Waals surface area contributed by atoms with Crippen molar-refractivity contribution in [3.63, 3.8) is 0 Å². The molecule has 198 valence electrons. The Morgan fingerprint density at radius 1 is 0.974 bits per heavy atom. The average molecular weight is 535 g/mol. The highest BCUT2D eigenvalue weighted by Crippen LogP contribution is 2.33. The molecule has 2 aromatic carbocycles. The Hall–Kier alpha value is -3.69. The standard InChI is InChI=1S/C28H31ClN6O3/c29-22-17-30-28(34-25(22)32-23-3-1-2-4-24(23)33-26(37)19-5-6-19)31-21-9-7-20(8-10-21)27(38)35-14-11-18(12-15-35)13-16-36/h1-4,7-10,17-19,36H,5-6,11-16H2,(H,33,37)(H2,30,31,32,34). The van der Waals surface area contributed by atoms with Crippen LogP contribution in [0.15, 0.2) is 54.7 Å². The van der Waals surface area contributed by atoms with Gasteiger partial charge in [0.2, 0.25) is 11.9 Å². The largest absolute Gasteiger partial charge is 0.396 e. The number of nitrogens with zero attached hydrogens (tertiary/aromatic N) is 3. The predicted molar refractivity (Wildman–Crippen MR) is 148 cm³/mol. The van der Waals surface area contributed by atoms with Crippen LogP contribution in [0.5, 0.6) is 0 Å². The lowest BCUT2D eigenvalue weighted by Crippen LogP contribution is -2.38. The first kappa shape index (κ1) is 25.9. The number of aliphatic hydroxyl groups excluding tert-OH is 1. The molecule has 2 aliphatic rings. The van der Waals surface area contributed by atoms with Crippen LogP contribution in [0.2, 0.25) is 5.02 Å². The highest BCUT2D eigenvalue weighted by Gasteiger charge is 2.30. The van der Waals surface area contributed by atoms with Crippen LogP contribution in [0, 0.1) is 11.8 Å². The summed E-state index contributed by atoms with van der Waals surface area (Å²) >= 11 is 6.37. The van der Waals surface area contributed by atoms with Crippen molar-refractivity contribution in [2.75, 3.05) is 35.6 Å². The molecule has 10 heteroatoms. The summed E-state index contributed by atoms with van der Waals surface area (Å²) in [5.74, 6) is 1.34. The van der Waals surface area contributed by atoms with Gasteiger partial charge in [-0.2, -0.15) is 4.98 Å². The van der Waals surface area contributed by atoms with Crippen LogP contribution in [0.25, 0.3) is 0 Å². The number of aromatic nitrogens is 2. The van der Waals surface area contributed by atoms with E-state index in [4.69, 9.17) is 16.7 Å². The summed E-state index contributed by atoms with van der Waals surface area (Å²) in [6.45, 7) is 1.63. The number of para-hydroxylation sites is 2. The summed E-state index contributed by atoms with van der Waals surface area (Å²) in [5.41, 5.74) is 2.69. The van der Waals surface area contributed by atoms with E-state index in [1.54, 1.807) is 12.1 Å². The molecule has 9 nitrogen and oxygen atoms in total. The van der Waals surface area contributed by atoms with E-state index < -0.39 is 0 Å². The van der Waals surface area contributed by atoms with E-state index in [9.17, 15) is 9.59 Å². The van der Waals surface area contributed by atoms with Crippen LogP contribution < -0.4 is 16.0 Å². The highest BCUT2D eigenvalue weighted by atomic mass is 35.5. The molecule has 1 saturated heterocycles. The van der Waals surface area contributed by atoms with Gasteiger partial charge in [-0.15, -0.1) is 0 Å². The van der Waals surface area contributed by atoms with Crippen molar-refractivity contribution >= 4 is 52.2 Å². The number of likely N-dealkylation sites (tertiary alicyclic amines) is 1. The minimum atomic E-state index is 0.0145. The SMILES string of the molecule is O=C(Nc1ccccc1Nc1nc(Nc2ccc(C(=O)N3CCC(CCO)CC3)cc2)ncc1Cl)C1CC1. The predicted octanol–water partition coefficient (Wildman–Crippen LogP) is 5.20. The van der Waals surface area contributed by atoms with Crippen molar-refractivity contribution in [2.45, 2.75) is 32.1 Å². The maximum absolute atomic E-state index is 12.9. The van der Waals surface area contributed by atoms with Crippen LogP contribution in [0.1, 0.15) is 42.5 Å². The van der Waals surface area contributed by atoms with Gasteiger partial charge < -0.3 is 26.0 Å². The van der Waals surface area contributed by atoms with E-state index >= 15 is 0 Å². The Kier molecular flexibility index (Phi) is 8.05. The molecule has 0 unspecified atom stereocenters. The highest BCUT2D eigenvalue weighted by molar-refractivity contribution is 6.33. The molecule has 1 aliphatic heterocycles. The fourth-order valence-corrected chi connectivity index (χ4v) is 4.68. The van der Waals surface area contributed by atoms with Crippen LogP contribution in [0.4, 0.5) is 28.8 Å². The van der Waals surface area contributed by atoms with Crippen LogP contribution >= 0.6 is 11.6 Å². The monoisotopic (exact) mass is 534 g/mol. The van der Waals surface area contributed by atoms with Gasteiger partial charge in [-0.3, -0.25) is 9.59 Å². The molecule has 38 heavy (non-hydrogen) atoms. The first-order valence-electron chi connectivity index (χ1n) is 13.0. The van der Waals surface area contributed by atoms with Crippen LogP contribution in [0.3, 0.4) is 0 Å². The van der Waals surface area contributed by atoms with Crippen molar-refractivity contribution in [3.05, 3.63) is 65.3 Å². The van der Waals surface area contributed by atoms with Gasteiger partial charge in [0.15, 0.2) is 5.82 Å². The van der Waals surface area contributed by atoms with Crippen molar-refractivity contribution in [3.8, 4) is 0 Å². The van der Waals surface area contributed by atoms with Gasteiger partial charge in [0.25, 0.3) is 5.91 Å². The molecule has 5 rings (SSSR count). The first-order chi connectivity index (χ1) is 18.5. The van der Waals surface area contributed by atoms with Crippen molar-refractivity contribution < 1.29 is 14.7 Å². The molecule has 1 aliphatic carbocycles. The number of carbonyl (C=O) groups is 2. The molecular weight excluding hydrogens is 504 g/mol. The summed E-state index contributed by atoms with van der Waals surface area (Å²) in [5, 5.41) is 18.8. The number of aliphatic hydroxyl groups is 1. The second kappa shape index (κ2) is 11.8. The molecule has 1 saturated carbocycles. The summed E-state index contributed by atoms with van der Waals surface area (Å²) < 4.78 is 0. The van der Waals surface area contributed by atoms with Crippen molar-refractivity contribution in [1.29, 1.82) is 0 Å². The third-order valence-electron chi connectivity index (χ3n) is 6.96. The van der Waals surface area contributed by atoms with E-state index in [1.165, 1.54) is 6.20 Å². The van der Waals surface area contributed by atoms with E-state index in [1.807, 2.05) is 41.3 Å². The molecule has 1 aromatic heterocycles. The molecule has 3 aromatic rings. The Morgan fingerprint density at radius 2 is 1.68 bits per heavy atom. The van der Waals surface area contributed by atoms with Crippen molar-refractivity contribution in [2.24, 2.45) is 11.8 Å². The number of hydrogen-bond donors (Lipinski definition) is 4. The van der Waals surface area contributed by atoms with E-state index in [2.05, 4.69) is 25.9 Å². The van der Waals surface area contributed by atoms with Gasteiger partial charge in [0.05, 0.1) is 17.6 Å². The Morgan fingerprint density at radius 3 is 2.37 bits per heavy atom. The van der Waals surface area contributed by atoms with Crippen LogP contribution in [-0.2, 0) is 4.79 Å². The minimum absolute atomic E-state index is 0.0145. The van der Waals surface area contributed by atoms with E-state index in [0.717, 1.165) is 37.8 Å². The molecular formula is C28H31ClN6O3. The number of carbonyl (C=O) groups excluding carboxylic acids is 2. The number of anilines is 5. The summed E-state index contributed by atoms with van der Waals surface area (Å²) in [7, 11) is 0. The van der Waals surface area contributed by atoms with Crippen molar-refractivity contribution in [1.82, 2.24) is 14.9 Å². The number of halogens is 1. The minimum Gasteiger partial charge on any atom is -0.396 e. The fourth-order valence-electron chi connectivity index (χ4n) is 4.54. The molecule has 4 N–H and O–H groups in total. The Balaban J connectivity index is 1.23. The number of piperidine rings is 1. The second-order valence-corrected chi connectivity index (χ2v) is 10.2. The number of nitrogens with one attached hydrogen (secondary N) is 3. The molecule has 2 amide bonds. The number of benzene rings is 2. The zero-order valence-electron chi connectivity index (χ0n) is 21.0. The van der Waals surface area contributed by atoms with Crippen LogP contribution in [-0.4, -0.2) is 51.5 Å². The quantitative estimate of drug-likeness (QED) is 0.298. The molecule has 0 radical (unpaired) electrons. The first-order valence-corrected chi connectivity index (χ1v) is 13.3. The zero-order valence-corrected chi connectivity index (χ0v) is 21.7. The number of rotatable bonds is 9. The number of hydrogen-bond acceptors (Lipinski definition) is 7. The maximum Gasteiger partial charge on any atom is 0.253 e. The van der Waals surface area contributed by atoms with E-state index in [-0.39, 0.29) is 24.3 Å². The lowest BCUT2D eigenvalue weighted by atomic mass is 9.93. The molecule has 0 atom stereocenters. The molecule has 0 spiro atoms. The lowest BCUT2D eigenvalue weighted by molar-refractivity contribution is -0.117. The van der Waals surface area contributed by atoms with Gasteiger partial charge >= 0.3 is 0 Å². The van der Waals surface area contributed by atoms with E-state index in [0.29, 0.717) is 52.7 Å².